The summed E-state index contributed by atoms with van der Waals surface area (Å²) < 4.78 is 11.4. The molecule has 0 bridgehead atoms. The quantitative estimate of drug-likeness (QED) is 0.595. The maximum absolute atomic E-state index is 13.5. The second-order valence-electron chi connectivity index (χ2n) is 8.47. The Bertz CT molecular complexity index is 1180. The van der Waals surface area contributed by atoms with Crippen LogP contribution in [0.3, 0.4) is 0 Å². The minimum absolute atomic E-state index is 0.115. The van der Waals surface area contributed by atoms with Gasteiger partial charge in [0.05, 0.1) is 30.2 Å². The van der Waals surface area contributed by atoms with E-state index in [1.165, 1.54) is 5.56 Å². The zero-order valence-electron chi connectivity index (χ0n) is 18.4. The molecule has 6 heteroatoms. The van der Waals surface area contributed by atoms with Gasteiger partial charge in [0.1, 0.15) is 5.58 Å². The molecule has 1 saturated heterocycles. The summed E-state index contributed by atoms with van der Waals surface area (Å²) in [5.41, 5.74) is 2.98. The van der Waals surface area contributed by atoms with Gasteiger partial charge in [-0.05, 0) is 36.1 Å². The number of rotatable bonds is 6. The predicted molar refractivity (Wildman–Crippen MR) is 123 cm³/mol. The highest BCUT2D eigenvalue weighted by Gasteiger charge is 2.42. The van der Waals surface area contributed by atoms with Crippen LogP contribution < -0.4 is 5.43 Å². The van der Waals surface area contributed by atoms with Gasteiger partial charge in [0.15, 0.2) is 5.43 Å². The van der Waals surface area contributed by atoms with Crippen LogP contribution in [0, 0.1) is 0 Å². The lowest BCUT2D eigenvalue weighted by Gasteiger charge is -2.29. The molecule has 0 spiro atoms. The first-order valence-corrected chi connectivity index (χ1v) is 11.4. The molecule has 2 aliphatic heterocycles. The summed E-state index contributed by atoms with van der Waals surface area (Å²) >= 11 is 0. The molecule has 32 heavy (non-hydrogen) atoms. The van der Waals surface area contributed by atoms with Gasteiger partial charge in [0, 0.05) is 26.2 Å². The van der Waals surface area contributed by atoms with E-state index in [0.717, 1.165) is 51.3 Å². The number of nitrogens with zero attached hydrogens (tertiary/aromatic N) is 2. The van der Waals surface area contributed by atoms with Gasteiger partial charge in [0.2, 0.25) is 5.76 Å². The number of amides is 1. The summed E-state index contributed by atoms with van der Waals surface area (Å²) in [5, 5.41) is 0.518. The van der Waals surface area contributed by atoms with Gasteiger partial charge in [-0.1, -0.05) is 43.3 Å². The maximum Gasteiger partial charge on any atom is 0.290 e. The summed E-state index contributed by atoms with van der Waals surface area (Å²) in [6.07, 6.45) is 1.77. The van der Waals surface area contributed by atoms with Crippen LogP contribution in [-0.4, -0.2) is 55.1 Å². The van der Waals surface area contributed by atoms with Gasteiger partial charge in [-0.3, -0.25) is 14.5 Å². The molecule has 1 amide bonds. The summed E-state index contributed by atoms with van der Waals surface area (Å²) in [7, 11) is 0. The fraction of sp³-hybridized carbons (Fsp3) is 0.385. The van der Waals surface area contributed by atoms with E-state index in [-0.39, 0.29) is 17.1 Å². The molecule has 1 fully saturated rings. The molecule has 5 rings (SSSR count). The molecule has 1 aromatic heterocycles. The maximum atomic E-state index is 13.5. The van der Waals surface area contributed by atoms with Gasteiger partial charge in [-0.25, -0.2) is 0 Å². The third-order valence-electron chi connectivity index (χ3n) is 6.55. The molecule has 1 unspecified atom stereocenters. The third-order valence-corrected chi connectivity index (χ3v) is 6.55. The summed E-state index contributed by atoms with van der Waals surface area (Å²) in [4.78, 5) is 31.1. The van der Waals surface area contributed by atoms with Crippen molar-refractivity contribution >= 4 is 16.9 Å². The van der Waals surface area contributed by atoms with Crippen LogP contribution in [0.1, 0.15) is 46.6 Å². The van der Waals surface area contributed by atoms with Crippen molar-refractivity contribution < 1.29 is 13.9 Å². The number of benzene rings is 2. The SMILES string of the molecule is CCc1ccc(C2c3c(oc4ccccc4c3=O)C(=O)N2CCCN2CCOCC2)cc1. The number of para-hydroxylation sites is 1. The van der Waals surface area contributed by atoms with E-state index in [4.69, 9.17) is 9.15 Å². The number of aryl methyl sites for hydroxylation is 1. The van der Waals surface area contributed by atoms with E-state index < -0.39 is 6.04 Å². The van der Waals surface area contributed by atoms with Gasteiger partial charge in [-0.2, -0.15) is 0 Å². The van der Waals surface area contributed by atoms with E-state index in [0.29, 0.717) is 23.1 Å². The Hall–Kier alpha value is -2.96. The summed E-state index contributed by atoms with van der Waals surface area (Å²) in [6.45, 7) is 6.92. The molecule has 166 valence electrons. The molecule has 0 aliphatic carbocycles. The van der Waals surface area contributed by atoms with Crippen LogP contribution in [0.25, 0.3) is 11.0 Å². The number of hydrogen-bond acceptors (Lipinski definition) is 5. The molecule has 1 atom stereocenters. The van der Waals surface area contributed by atoms with Crippen molar-refractivity contribution in [2.24, 2.45) is 0 Å². The van der Waals surface area contributed by atoms with E-state index in [1.807, 2.05) is 29.2 Å². The van der Waals surface area contributed by atoms with Crippen molar-refractivity contribution in [3.8, 4) is 0 Å². The van der Waals surface area contributed by atoms with Crippen LogP contribution in [-0.2, 0) is 11.2 Å². The average molecular weight is 433 g/mol. The van der Waals surface area contributed by atoms with Crippen LogP contribution in [0.2, 0.25) is 0 Å². The number of ether oxygens (including phenoxy) is 1. The van der Waals surface area contributed by atoms with Crippen LogP contribution in [0.4, 0.5) is 0 Å². The fourth-order valence-electron chi connectivity index (χ4n) is 4.77. The zero-order chi connectivity index (χ0) is 22.1. The molecule has 2 aliphatic rings. The Labute approximate surface area is 187 Å². The van der Waals surface area contributed by atoms with Crippen LogP contribution in [0.5, 0.6) is 0 Å². The minimum atomic E-state index is -0.422. The summed E-state index contributed by atoms with van der Waals surface area (Å²) in [6, 6.07) is 15.0. The van der Waals surface area contributed by atoms with E-state index in [2.05, 4.69) is 24.0 Å². The molecule has 2 aromatic carbocycles. The lowest BCUT2D eigenvalue weighted by molar-refractivity contribution is 0.0353. The summed E-state index contributed by atoms with van der Waals surface area (Å²) in [5.74, 6) is -0.0148. The van der Waals surface area contributed by atoms with Gasteiger partial charge in [-0.15, -0.1) is 0 Å². The van der Waals surface area contributed by atoms with E-state index in [1.54, 1.807) is 12.1 Å². The lowest BCUT2D eigenvalue weighted by atomic mass is 9.97. The van der Waals surface area contributed by atoms with E-state index >= 15 is 0 Å². The van der Waals surface area contributed by atoms with Gasteiger partial charge >= 0.3 is 0 Å². The smallest absolute Gasteiger partial charge is 0.290 e. The van der Waals surface area contributed by atoms with Crippen molar-refractivity contribution in [2.75, 3.05) is 39.4 Å². The van der Waals surface area contributed by atoms with Crippen molar-refractivity contribution in [1.82, 2.24) is 9.80 Å². The number of carbonyl (C=O) groups is 1. The normalized spacial score (nSPS) is 19.0. The second-order valence-corrected chi connectivity index (χ2v) is 8.47. The molecular formula is C26H28N2O4. The van der Waals surface area contributed by atoms with Gasteiger partial charge in [0.25, 0.3) is 5.91 Å². The standard InChI is InChI=1S/C26H28N2O4/c1-2-18-8-10-19(11-9-18)23-22-24(29)20-6-3-4-7-21(20)32-25(22)26(30)28(23)13-5-12-27-14-16-31-17-15-27/h3-4,6-11,23H,2,5,12-17H2,1H3. The van der Waals surface area contributed by atoms with Crippen LogP contribution in [0.15, 0.2) is 57.7 Å². The predicted octanol–water partition coefficient (Wildman–Crippen LogP) is 3.62. The topological polar surface area (TPSA) is 63.0 Å². The van der Waals surface area contributed by atoms with Crippen LogP contribution >= 0.6 is 0 Å². The molecule has 3 aromatic rings. The average Bonchev–Trinajstić information content (AvgIpc) is 3.12. The van der Waals surface area contributed by atoms with Crippen molar-refractivity contribution in [1.29, 1.82) is 0 Å². The first-order chi connectivity index (χ1) is 15.7. The lowest BCUT2D eigenvalue weighted by Crippen LogP contribution is -2.38. The number of carbonyl (C=O) groups excluding carboxylic acids is 1. The molecule has 3 heterocycles. The second kappa shape index (κ2) is 8.88. The Morgan fingerprint density at radius 2 is 1.72 bits per heavy atom. The molecule has 0 N–H and O–H groups in total. The monoisotopic (exact) mass is 432 g/mol. The highest BCUT2D eigenvalue weighted by molar-refractivity contribution is 5.99. The Balaban J connectivity index is 1.51. The highest BCUT2D eigenvalue weighted by Crippen LogP contribution is 2.38. The Morgan fingerprint density at radius 3 is 2.47 bits per heavy atom. The Morgan fingerprint density at radius 1 is 0.969 bits per heavy atom. The first kappa shape index (κ1) is 20.9. The minimum Gasteiger partial charge on any atom is -0.450 e. The van der Waals surface area contributed by atoms with Crippen molar-refractivity contribution in [3.05, 3.63) is 81.2 Å². The number of hydrogen-bond donors (Lipinski definition) is 0. The number of fused-ring (bicyclic) bond motifs is 2. The molecule has 0 saturated carbocycles. The Kier molecular flexibility index (Phi) is 5.81. The number of morpholine rings is 1. The first-order valence-electron chi connectivity index (χ1n) is 11.4. The largest absolute Gasteiger partial charge is 0.450 e. The zero-order valence-corrected chi connectivity index (χ0v) is 18.4. The van der Waals surface area contributed by atoms with Crippen molar-refractivity contribution in [3.63, 3.8) is 0 Å². The molecular weight excluding hydrogens is 404 g/mol. The van der Waals surface area contributed by atoms with E-state index in [9.17, 15) is 9.59 Å². The molecule has 0 radical (unpaired) electrons. The fourth-order valence-corrected chi connectivity index (χ4v) is 4.77. The van der Waals surface area contributed by atoms with Crippen molar-refractivity contribution in [2.45, 2.75) is 25.8 Å². The highest BCUT2D eigenvalue weighted by atomic mass is 16.5. The van der Waals surface area contributed by atoms with Gasteiger partial charge < -0.3 is 14.1 Å². The molecule has 6 nitrogen and oxygen atoms in total. The third kappa shape index (κ3) is 3.74.